The van der Waals surface area contributed by atoms with Crippen molar-refractivity contribution >= 4 is 5.97 Å². The molecule has 0 amide bonds. The molecule has 0 fully saturated rings. The summed E-state index contributed by atoms with van der Waals surface area (Å²) in [6.07, 6.45) is 0.631. The summed E-state index contributed by atoms with van der Waals surface area (Å²) < 4.78 is 35.5. The Morgan fingerprint density at radius 2 is 1.37 bits per heavy atom. The van der Waals surface area contributed by atoms with Crippen molar-refractivity contribution in [3.8, 4) is 34.5 Å². The number of fused-ring (bicyclic) bond motifs is 2. The summed E-state index contributed by atoms with van der Waals surface area (Å²) in [4.78, 5) is 15.8. The van der Waals surface area contributed by atoms with E-state index in [0.29, 0.717) is 63.8 Å². The van der Waals surface area contributed by atoms with Crippen molar-refractivity contribution in [2.75, 3.05) is 42.1 Å². The van der Waals surface area contributed by atoms with E-state index in [9.17, 15) is 15.0 Å². The average molecular weight is 679 g/mol. The van der Waals surface area contributed by atoms with Gasteiger partial charge >= 0.3 is 5.97 Å². The van der Waals surface area contributed by atoms with Crippen molar-refractivity contribution in [3.63, 3.8) is 0 Å². The zero-order valence-corrected chi connectivity index (χ0v) is 30.2. The quantitative estimate of drug-likeness (QED) is 0.237. The predicted molar refractivity (Wildman–Crippen MR) is 185 cm³/mol. The van der Waals surface area contributed by atoms with Gasteiger partial charge in [0.25, 0.3) is 0 Å². The fraction of sp³-hybridized carbons (Fsp3) is 0.500. The Hall–Kier alpha value is -4.19. The molecule has 3 aromatic carbocycles. The maximum atomic E-state index is 13.9. The van der Waals surface area contributed by atoms with Crippen molar-refractivity contribution < 1.29 is 43.4 Å². The molecule has 0 bridgehead atoms. The molecule has 4 atom stereocenters. The molecule has 11 heteroatoms. The number of rotatable bonds is 10. The number of nitrogens with zero attached hydrogens (tertiary/aromatic N) is 1. The van der Waals surface area contributed by atoms with Gasteiger partial charge in [0, 0.05) is 45.8 Å². The third kappa shape index (κ3) is 6.71. The normalized spacial score (nSPS) is 20.6. The molecule has 11 nitrogen and oxygen atoms in total. The molecule has 2 aliphatic heterocycles. The lowest BCUT2D eigenvalue weighted by molar-refractivity contribution is -0.162. The van der Waals surface area contributed by atoms with E-state index in [1.807, 2.05) is 76.9 Å². The third-order valence-corrected chi connectivity index (χ3v) is 9.59. The maximum absolute atomic E-state index is 13.9. The van der Waals surface area contributed by atoms with Gasteiger partial charge in [-0.05, 0) is 53.7 Å². The lowest BCUT2D eigenvalue weighted by Crippen LogP contribution is -2.56. The Labute approximate surface area is 289 Å². The van der Waals surface area contributed by atoms with Crippen LogP contribution in [0.15, 0.2) is 30.3 Å². The van der Waals surface area contributed by atoms with E-state index < -0.39 is 29.8 Å². The molecule has 2 aliphatic rings. The monoisotopic (exact) mass is 678 g/mol. The molecule has 266 valence electrons. The fourth-order valence-corrected chi connectivity index (χ4v) is 7.60. The number of phenolic OH excluding ortho intramolecular Hbond substituents is 2. The number of esters is 1. The maximum Gasteiger partial charge on any atom is 0.324 e. The molecule has 1 unspecified atom stereocenters. The van der Waals surface area contributed by atoms with E-state index in [1.54, 1.807) is 14.2 Å². The zero-order valence-electron chi connectivity index (χ0n) is 30.2. The SMILES string of the molecule is COc1c(C)c(OC)c2c(c1O)[C@H](COCc1ccccc1)N[C@H]([C@H]1c3c(O)c(OC)c(C)c(OC)c3CC(C(=O)OC(C)(C)C)N1C)C2. The molecule has 0 aliphatic carbocycles. The van der Waals surface area contributed by atoms with Gasteiger partial charge in [-0.3, -0.25) is 9.69 Å². The number of phenols is 2. The highest BCUT2D eigenvalue weighted by Gasteiger charge is 2.48. The molecule has 3 aromatic rings. The van der Waals surface area contributed by atoms with Crippen LogP contribution in [0.1, 0.15) is 71.8 Å². The van der Waals surface area contributed by atoms with Crippen LogP contribution in [0.2, 0.25) is 0 Å². The van der Waals surface area contributed by atoms with Crippen LogP contribution < -0.4 is 24.3 Å². The molecular weight excluding hydrogens is 628 g/mol. The minimum absolute atomic E-state index is 0.0134. The van der Waals surface area contributed by atoms with E-state index in [0.717, 1.165) is 11.1 Å². The van der Waals surface area contributed by atoms with Crippen LogP contribution in [0.3, 0.4) is 0 Å². The highest BCUT2D eigenvalue weighted by Crippen LogP contribution is 2.54. The van der Waals surface area contributed by atoms with Gasteiger partial charge in [0.1, 0.15) is 23.1 Å². The molecule has 0 spiro atoms. The molecule has 2 heterocycles. The van der Waals surface area contributed by atoms with E-state index in [-0.39, 0.29) is 30.5 Å². The van der Waals surface area contributed by atoms with Crippen molar-refractivity contribution in [2.24, 2.45) is 0 Å². The van der Waals surface area contributed by atoms with Crippen LogP contribution >= 0.6 is 0 Å². The minimum atomic E-state index is -0.708. The minimum Gasteiger partial charge on any atom is -0.504 e. The van der Waals surface area contributed by atoms with Crippen LogP contribution in [0.25, 0.3) is 0 Å². The van der Waals surface area contributed by atoms with Gasteiger partial charge in [0.2, 0.25) is 0 Å². The van der Waals surface area contributed by atoms with E-state index in [1.165, 1.54) is 14.2 Å². The Morgan fingerprint density at radius 3 is 1.90 bits per heavy atom. The number of hydrogen-bond acceptors (Lipinski definition) is 11. The summed E-state index contributed by atoms with van der Waals surface area (Å²) in [6, 6.07) is 7.65. The summed E-state index contributed by atoms with van der Waals surface area (Å²) >= 11 is 0. The van der Waals surface area contributed by atoms with Gasteiger partial charge in [-0.1, -0.05) is 30.3 Å². The van der Waals surface area contributed by atoms with Gasteiger partial charge < -0.3 is 44.0 Å². The smallest absolute Gasteiger partial charge is 0.324 e. The number of carbonyl (C=O) groups is 1. The summed E-state index contributed by atoms with van der Waals surface area (Å²) in [5, 5.41) is 27.3. The van der Waals surface area contributed by atoms with Crippen LogP contribution in [-0.2, 0) is 33.7 Å². The molecule has 0 saturated heterocycles. The fourth-order valence-electron chi connectivity index (χ4n) is 7.60. The van der Waals surface area contributed by atoms with Crippen molar-refractivity contribution in [1.82, 2.24) is 10.2 Å². The first kappa shape index (κ1) is 36.1. The van der Waals surface area contributed by atoms with Crippen molar-refractivity contribution in [2.45, 2.75) is 83.8 Å². The number of benzene rings is 3. The van der Waals surface area contributed by atoms with Crippen LogP contribution in [0.5, 0.6) is 34.5 Å². The molecule has 5 rings (SSSR count). The average Bonchev–Trinajstić information content (AvgIpc) is 3.05. The van der Waals surface area contributed by atoms with Crippen LogP contribution in [0.4, 0.5) is 0 Å². The number of likely N-dealkylation sites (N-methyl/N-ethyl adjacent to an activating group) is 1. The highest BCUT2D eigenvalue weighted by molar-refractivity contribution is 5.79. The topological polar surface area (TPSA) is 128 Å². The first-order chi connectivity index (χ1) is 23.3. The Bertz CT molecular complexity index is 1690. The summed E-state index contributed by atoms with van der Waals surface area (Å²) in [5.74, 6) is 1.40. The lowest BCUT2D eigenvalue weighted by Gasteiger charge is -2.47. The van der Waals surface area contributed by atoms with Crippen molar-refractivity contribution in [1.29, 1.82) is 0 Å². The number of hydrogen-bond donors (Lipinski definition) is 3. The largest absolute Gasteiger partial charge is 0.504 e. The zero-order chi connectivity index (χ0) is 35.8. The molecule has 0 radical (unpaired) electrons. The Kier molecular flexibility index (Phi) is 10.6. The van der Waals surface area contributed by atoms with E-state index in [2.05, 4.69) is 5.32 Å². The van der Waals surface area contributed by atoms with Crippen molar-refractivity contribution in [3.05, 3.63) is 69.3 Å². The Morgan fingerprint density at radius 1 is 0.837 bits per heavy atom. The second-order valence-electron chi connectivity index (χ2n) is 13.8. The highest BCUT2D eigenvalue weighted by atomic mass is 16.6. The predicted octanol–water partition coefficient (Wildman–Crippen LogP) is 5.46. The molecule has 0 saturated carbocycles. The third-order valence-electron chi connectivity index (χ3n) is 9.59. The van der Waals surface area contributed by atoms with Gasteiger partial charge in [-0.25, -0.2) is 0 Å². The number of nitrogens with one attached hydrogen (secondary N) is 1. The number of methoxy groups -OCH3 is 4. The number of carbonyl (C=O) groups excluding carboxylic acids is 1. The number of ether oxygens (including phenoxy) is 6. The first-order valence-corrected chi connectivity index (χ1v) is 16.5. The Balaban J connectivity index is 1.68. The van der Waals surface area contributed by atoms with E-state index >= 15 is 0 Å². The number of aromatic hydroxyl groups is 2. The molecular formula is C38H50N2O9. The standard InChI is InChI=1S/C38H50N2O9/c1-20-33(44-7)23-16-25(39-26(28(23)31(41)35(20)46-9)19-48-18-22-14-12-11-13-15-22)30-29-24(34(45-8)21(2)36(47-10)32(29)42)17-27(40(30)6)37(43)49-38(3,4)5/h11-15,25-27,30,39,41-42H,16-19H2,1-10H3/t25-,26-,27?,30-/m0/s1. The van der Waals surface area contributed by atoms with E-state index in [4.69, 9.17) is 28.4 Å². The van der Waals surface area contributed by atoms with Crippen LogP contribution in [0, 0.1) is 13.8 Å². The second-order valence-corrected chi connectivity index (χ2v) is 13.8. The van der Waals surface area contributed by atoms with Gasteiger partial charge in [0.15, 0.2) is 23.0 Å². The molecule has 3 N–H and O–H groups in total. The summed E-state index contributed by atoms with van der Waals surface area (Å²) in [6.45, 7) is 9.77. The van der Waals surface area contributed by atoms with Crippen LogP contribution in [-0.4, -0.2) is 80.9 Å². The van der Waals surface area contributed by atoms with Gasteiger partial charge in [-0.2, -0.15) is 0 Å². The summed E-state index contributed by atoms with van der Waals surface area (Å²) in [7, 11) is 8.07. The lowest BCUT2D eigenvalue weighted by atomic mass is 9.77. The second kappa shape index (κ2) is 14.3. The van der Waals surface area contributed by atoms with Gasteiger partial charge in [0.05, 0.1) is 53.7 Å². The summed E-state index contributed by atoms with van der Waals surface area (Å²) in [5.41, 5.74) is 4.32. The first-order valence-electron chi connectivity index (χ1n) is 16.5. The molecule has 49 heavy (non-hydrogen) atoms. The molecule has 0 aromatic heterocycles. The van der Waals surface area contributed by atoms with Gasteiger partial charge in [-0.15, -0.1) is 0 Å².